The normalized spacial score (nSPS) is 16.1. The second kappa shape index (κ2) is 8.00. The van der Waals surface area contributed by atoms with Crippen LogP contribution in [0.2, 0.25) is 0 Å². The molecule has 0 N–H and O–H groups in total. The van der Waals surface area contributed by atoms with Crippen molar-refractivity contribution in [3.63, 3.8) is 0 Å². The number of rotatable bonds is 6. The molecule has 1 amide bonds. The number of amides is 1. The number of carbonyl (C=O) groups excluding carboxylic acids is 2. The van der Waals surface area contributed by atoms with Crippen LogP contribution < -0.4 is 4.90 Å². The number of nitrogens with zero attached hydrogens (tertiary/aromatic N) is 5. The molecule has 0 spiro atoms. The van der Waals surface area contributed by atoms with E-state index < -0.39 is 11.9 Å². The van der Waals surface area contributed by atoms with Crippen LogP contribution in [-0.4, -0.2) is 51.0 Å². The Morgan fingerprint density at radius 3 is 2.72 bits per heavy atom. The number of cyclic esters (lactones) is 1. The highest BCUT2D eigenvalue weighted by atomic mass is 32.2. The smallest absolute Gasteiger partial charge is 0.414 e. The molecule has 3 aromatic rings. The van der Waals surface area contributed by atoms with Crippen LogP contribution in [-0.2, 0) is 11.8 Å². The summed E-state index contributed by atoms with van der Waals surface area (Å²) in [5.41, 5.74) is 1.98. The van der Waals surface area contributed by atoms with Crippen LogP contribution in [0, 0.1) is 5.82 Å². The molecule has 10 heteroatoms. The zero-order valence-electron chi connectivity index (χ0n) is 15.4. The van der Waals surface area contributed by atoms with E-state index in [2.05, 4.69) is 15.5 Å². The Kier molecular flexibility index (Phi) is 5.26. The molecule has 8 nitrogen and oxygen atoms in total. The molecule has 1 aromatic heterocycles. The fraction of sp³-hybridized carbons (Fsp3) is 0.211. The number of aldehydes is 1. The lowest BCUT2D eigenvalue weighted by atomic mass is 10.0. The number of ether oxygens (including phenoxy) is 1. The van der Waals surface area contributed by atoms with E-state index in [4.69, 9.17) is 4.74 Å². The predicted molar refractivity (Wildman–Crippen MR) is 104 cm³/mol. The summed E-state index contributed by atoms with van der Waals surface area (Å²) in [6, 6.07) is 11.2. The van der Waals surface area contributed by atoms with E-state index in [9.17, 15) is 14.0 Å². The summed E-state index contributed by atoms with van der Waals surface area (Å²) in [7, 11) is 1.73. The summed E-state index contributed by atoms with van der Waals surface area (Å²) in [5, 5.41) is 11.8. The Morgan fingerprint density at radius 2 is 2.07 bits per heavy atom. The van der Waals surface area contributed by atoms with Crippen molar-refractivity contribution in [2.45, 2.75) is 11.3 Å². The zero-order valence-corrected chi connectivity index (χ0v) is 16.2. The number of benzene rings is 2. The van der Waals surface area contributed by atoms with E-state index in [1.165, 1.54) is 27.4 Å². The lowest BCUT2D eigenvalue weighted by molar-refractivity contribution is 0.112. The van der Waals surface area contributed by atoms with E-state index in [0.29, 0.717) is 39.8 Å². The minimum absolute atomic E-state index is 0.309. The lowest BCUT2D eigenvalue weighted by Gasteiger charge is -2.14. The van der Waals surface area contributed by atoms with Crippen molar-refractivity contribution >= 4 is 29.8 Å². The number of carbonyl (C=O) groups is 2. The van der Waals surface area contributed by atoms with Gasteiger partial charge in [-0.1, -0.05) is 36.0 Å². The van der Waals surface area contributed by atoms with Gasteiger partial charge in [0, 0.05) is 23.9 Å². The molecule has 1 aliphatic heterocycles. The van der Waals surface area contributed by atoms with Gasteiger partial charge in [-0.2, -0.15) is 0 Å². The van der Waals surface area contributed by atoms with Crippen molar-refractivity contribution < 1.29 is 18.7 Å². The number of halogens is 1. The Labute approximate surface area is 169 Å². The maximum Gasteiger partial charge on any atom is 0.414 e. The number of tetrazole rings is 1. The van der Waals surface area contributed by atoms with Gasteiger partial charge in [-0.15, -0.1) is 5.10 Å². The molecular formula is C19H16FN5O3S. The first-order valence-corrected chi connectivity index (χ1v) is 9.72. The first-order valence-electron chi connectivity index (χ1n) is 8.73. The molecule has 0 radical (unpaired) electrons. The average molecular weight is 413 g/mol. The third kappa shape index (κ3) is 3.97. The molecule has 2 aromatic carbocycles. The van der Waals surface area contributed by atoms with Gasteiger partial charge in [-0.3, -0.25) is 9.69 Å². The highest BCUT2D eigenvalue weighted by Gasteiger charge is 2.33. The molecule has 1 fully saturated rings. The summed E-state index contributed by atoms with van der Waals surface area (Å²) in [4.78, 5) is 24.4. The summed E-state index contributed by atoms with van der Waals surface area (Å²) in [6.07, 6.45) is -0.144. The van der Waals surface area contributed by atoms with Crippen LogP contribution in [0.1, 0.15) is 10.4 Å². The molecular weight excluding hydrogens is 397 g/mol. The maximum absolute atomic E-state index is 14.7. The first kappa shape index (κ1) is 19.1. The van der Waals surface area contributed by atoms with Crippen molar-refractivity contribution in [3.05, 3.63) is 53.8 Å². The van der Waals surface area contributed by atoms with Crippen LogP contribution >= 0.6 is 11.8 Å². The third-order valence-corrected chi connectivity index (χ3v) is 5.62. The predicted octanol–water partition coefficient (Wildman–Crippen LogP) is 2.95. The first-order chi connectivity index (χ1) is 14.0. The van der Waals surface area contributed by atoms with Gasteiger partial charge in [0.25, 0.3) is 0 Å². The Balaban J connectivity index is 1.46. The molecule has 2 heterocycles. The van der Waals surface area contributed by atoms with E-state index in [-0.39, 0.29) is 6.10 Å². The summed E-state index contributed by atoms with van der Waals surface area (Å²) in [6.45, 7) is 0.309. The standard InChI is InChI=1S/C19H16FN5O3S/c1-24-18(21-22-23-24)29-11-15-9-25(19(27)28-15)14-6-7-16(17(20)8-14)13-4-2-12(10-26)3-5-13/h2-8,10,15H,9,11H2,1H3/t15-/m1/s1. The second-order valence-corrected chi connectivity index (χ2v) is 7.40. The van der Waals surface area contributed by atoms with Crippen molar-refractivity contribution in [1.29, 1.82) is 0 Å². The highest BCUT2D eigenvalue weighted by molar-refractivity contribution is 7.99. The van der Waals surface area contributed by atoms with Crippen LogP contribution in [0.15, 0.2) is 47.6 Å². The number of anilines is 1. The summed E-state index contributed by atoms with van der Waals surface area (Å²) in [5.74, 6) is 0.0252. The lowest BCUT2D eigenvalue weighted by Crippen LogP contribution is -2.25. The highest BCUT2D eigenvalue weighted by Crippen LogP contribution is 2.30. The van der Waals surface area contributed by atoms with Crippen LogP contribution in [0.25, 0.3) is 11.1 Å². The Hall–Kier alpha value is -3.27. The Morgan fingerprint density at radius 1 is 1.28 bits per heavy atom. The van der Waals surface area contributed by atoms with E-state index in [1.807, 2.05) is 0 Å². The largest absolute Gasteiger partial charge is 0.443 e. The quantitative estimate of drug-likeness (QED) is 0.453. The molecule has 148 valence electrons. The van der Waals surface area contributed by atoms with Gasteiger partial charge >= 0.3 is 6.09 Å². The monoisotopic (exact) mass is 413 g/mol. The van der Waals surface area contributed by atoms with Crippen molar-refractivity contribution in [2.75, 3.05) is 17.2 Å². The molecule has 0 unspecified atom stereocenters. The van der Waals surface area contributed by atoms with Gasteiger partial charge in [0.2, 0.25) is 5.16 Å². The maximum atomic E-state index is 14.7. The summed E-state index contributed by atoms with van der Waals surface area (Å²) >= 11 is 1.38. The van der Waals surface area contributed by atoms with Gasteiger partial charge in [-0.25, -0.2) is 13.9 Å². The fourth-order valence-electron chi connectivity index (χ4n) is 2.98. The molecule has 1 saturated heterocycles. The topological polar surface area (TPSA) is 90.2 Å². The fourth-order valence-corrected chi connectivity index (χ4v) is 3.80. The average Bonchev–Trinajstić information content (AvgIpc) is 3.31. The minimum Gasteiger partial charge on any atom is -0.443 e. The van der Waals surface area contributed by atoms with Crippen molar-refractivity contribution in [2.24, 2.45) is 7.05 Å². The number of hydrogen-bond donors (Lipinski definition) is 0. The molecule has 1 aliphatic rings. The van der Waals surface area contributed by atoms with Gasteiger partial charge in [0.15, 0.2) is 0 Å². The van der Waals surface area contributed by atoms with Crippen molar-refractivity contribution in [3.8, 4) is 11.1 Å². The molecule has 0 saturated carbocycles. The van der Waals surface area contributed by atoms with E-state index in [0.717, 1.165) is 6.29 Å². The molecule has 1 atom stereocenters. The van der Waals surface area contributed by atoms with Crippen LogP contribution in [0.5, 0.6) is 0 Å². The summed E-state index contributed by atoms with van der Waals surface area (Å²) < 4.78 is 21.6. The number of thioether (sulfide) groups is 1. The van der Waals surface area contributed by atoms with Crippen molar-refractivity contribution in [1.82, 2.24) is 20.2 Å². The van der Waals surface area contributed by atoms with Crippen LogP contribution in [0.3, 0.4) is 0 Å². The third-order valence-electron chi connectivity index (χ3n) is 4.48. The minimum atomic E-state index is -0.519. The Bertz CT molecular complexity index is 1060. The molecule has 0 bridgehead atoms. The van der Waals surface area contributed by atoms with Gasteiger partial charge in [-0.05, 0) is 34.2 Å². The van der Waals surface area contributed by atoms with E-state index >= 15 is 0 Å². The molecule has 29 heavy (non-hydrogen) atoms. The van der Waals surface area contributed by atoms with Gasteiger partial charge in [0.05, 0.1) is 12.2 Å². The number of hydrogen-bond acceptors (Lipinski definition) is 7. The van der Waals surface area contributed by atoms with Crippen LogP contribution in [0.4, 0.5) is 14.9 Å². The zero-order chi connectivity index (χ0) is 20.4. The van der Waals surface area contributed by atoms with E-state index in [1.54, 1.807) is 43.4 Å². The van der Waals surface area contributed by atoms with Gasteiger partial charge in [0.1, 0.15) is 18.2 Å². The number of aryl methyl sites for hydroxylation is 1. The SMILES string of the molecule is Cn1nnnc1SC[C@H]1CN(c2ccc(-c3ccc(C=O)cc3)c(F)c2)C(=O)O1. The van der Waals surface area contributed by atoms with Gasteiger partial charge < -0.3 is 4.74 Å². The second-order valence-electron chi connectivity index (χ2n) is 6.42. The molecule has 0 aliphatic carbocycles. The number of aromatic nitrogens is 4. The molecule has 4 rings (SSSR count).